The van der Waals surface area contributed by atoms with E-state index in [1.807, 2.05) is 41.3 Å². The normalized spacial score (nSPS) is 14.8. The lowest BCUT2D eigenvalue weighted by molar-refractivity contribution is 0.0717. The van der Waals surface area contributed by atoms with Crippen LogP contribution in [0.25, 0.3) is 0 Å². The molecule has 0 saturated carbocycles. The van der Waals surface area contributed by atoms with Crippen molar-refractivity contribution in [1.29, 1.82) is 0 Å². The summed E-state index contributed by atoms with van der Waals surface area (Å²) >= 11 is 7.25. The first-order valence-corrected chi connectivity index (χ1v) is 10.7. The highest BCUT2D eigenvalue weighted by Crippen LogP contribution is 2.30. The lowest BCUT2D eigenvalue weighted by Crippen LogP contribution is -2.37. The maximum absolute atomic E-state index is 12.7. The summed E-state index contributed by atoms with van der Waals surface area (Å²) in [7, 11) is 1.74. The van der Waals surface area contributed by atoms with E-state index in [9.17, 15) is 9.59 Å². The molecule has 0 aliphatic carbocycles. The summed E-state index contributed by atoms with van der Waals surface area (Å²) in [6.07, 6.45) is 1.66. The number of nitrogens with one attached hydrogen (secondary N) is 1. The molecule has 8 heteroatoms. The zero-order chi connectivity index (χ0) is 20.4. The number of para-hydroxylation sites is 1. The Morgan fingerprint density at radius 1 is 1.17 bits per heavy atom. The second-order valence-corrected chi connectivity index (χ2v) is 8.79. The van der Waals surface area contributed by atoms with Crippen molar-refractivity contribution in [3.05, 3.63) is 69.1 Å². The maximum Gasteiger partial charge on any atom is 0.278 e. The molecule has 0 atom stereocenters. The Balaban J connectivity index is 1.38. The third-order valence-electron chi connectivity index (χ3n) is 5.27. The van der Waals surface area contributed by atoms with Crippen LogP contribution >= 0.6 is 22.9 Å². The van der Waals surface area contributed by atoms with Crippen molar-refractivity contribution >= 4 is 40.4 Å². The van der Waals surface area contributed by atoms with Crippen LogP contribution in [0.2, 0.25) is 4.34 Å². The Labute approximate surface area is 178 Å². The van der Waals surface area contributed by atoms with Crippen LogP contribution in [0, 0.1) is 0 Å². The van der Waals surface area contributed by atoms with E-state index in [2.05, 4.69) is 10.2 Å². The molecule has 3 aromatic rings. The molecule has 0 bridgehead atoms. The minimum absolute atomic E-state index is 0.0327. The molecule has 1 aromatic carbocycles. The quantitative estimate of drug-likeness (QED) is 0.668. The van der Waals surface area contributed by atoms with E-state index in [0.717, 1.165) is 24.2 Å². The van der Waals surface area contributed by atoms with Gasteiger partial charge in [-0.25, -0.2) is 0 Å². The minimum atomic E-state index is -0.152. The van der Waals surface area contributed by atoms with Crippen molar-refractivity contribution in [3.8, 4) is 0 Å². The van der Waals surface area contributed by atoms with Crippen LogP contribution in [0.1, 0.15) is 44.6 Å². The van der Waals surface area contributed by atoms with E-state index in [1.165, 1.54) is 11.3 Å². The van der Waals surface area contributed by atoms with Gasteiger partial charge in [-0.15, -0.1) is 11.3 Å². The summed E-state index contributed by atoms with van der Waals surface area (Å²) in [4.78, 5) is 29.4. The highest BCUT2D eigenvalue weighted by molar-refractivity contribution is 7.17. The van der Waals surface area contributed by atoms with Crippen LogP contribution in [-0.2, 0) is 0 Å². The van der Waals surface area contributed by atoms with Gasteiger partial charge in [-0.3, -0.25) is 14.7 Å². The Morgan fingerprint density at radius 2 is 1.90 bits per heavy atom. The number of thiophene rings is 1. The molecule has 6 nitrogen and oxygen atoms in total. The highest BCUT2D eigenvalue weighted by atomic mass is 35.5. The van der Waals surface area contributed by atoms with Gasteiger partial charge in [0.2, 0.25) is 0 Å². The molecule has 2 amide bonds. The molecule has 1 fully saturated rings. The summed E-state index contributed by atoms with van der Waals surface area (Å²) < 4.78 is 0.623. The average molecular weight is 429 g/mol. The number of nitrogens with zero attached hydrogens (tertiary/aromatic N) is 3. The largest absolute Gasteiger partial charge is 0.338 e. The number of benzene rings is 1. The number of anilines is 1. The van der Waals surface area contributed by atoms with Crippen molar-refractivity contribution < 1.29 is 9.59 Å². The van der Waals surface area contributed by atoms with Gasteiger partial charge in [-0.2, -0.15) is 5.10 Å². The first-order chi connectivity index (χ1) is 14.0. The van der Waals surface area contributed by atoms with E-state index < -0.39 is 0 Å². The first kappa shape index (κ1) is 19.7. The van der Waals surface area contributed by atoms with Crippen LogP contribution in [0.3, 0.4) is 0 Å². The second-order valence-electron chi connectivity index (χ2n) is 7.08. The third kappa shape index (κ3) is 4.21. The molecule has 0 radical (unpaired) electrons. The number of rotatable bonds is 4. The number of halogens is 1. The number of hydrogen-bond acceptors (Lipinski definition) is 4. The van der Waals surface area contributed by atoms with Gasteiger partial charge in [0.15, 0.2) is 5.69 Å². The van der Waals surface area contributed by atoms with Gasteiger partial charge in [-0.05, 0) is 43.2 Å². The van der Waals surface area contributed by atoms with Crippen LogP contribution in [0.4, 0.5) is 5.69 Å². The molecule has 3 heterocycles. The van der Waals surface area contributed by atoms with Gasteiger partial charge < -0.3 is 9.80 Å². The molecule has 1 aliphatic heterocycles. The monoisotopic (exact) mass is 428 g/mol. The fourth-order valence-corrected chi connectivity index (χ4v) is 4.59. The molecular weight excluding hydrogens is 408 g/mol. The summed E-state index contributed by atoms with van der Waals surface area (Å²) in [5.41, 5.74) is 2.17. The van der Waals surface area contributed by atoms with Gasteiger partial charge in [-0.1, -0.05) is 29.8 Å². The number of aromatic amines is 1. The molecule has 150 valence electrons. The van der Waals surface area contributed by atoms with Crippen molar-refractivity contribution in [3.63, 3.8) is 0 Å². The van der Waals surface area contributed by atoms with Crippen LogP contribution in [0.15, 0.2) is 48.5 Å². The maximum atomic E-state index is 12.7. The molecule has 1 aliphatic rings. The molecule has 1 saturated heterocycles. The van der Waals surface area contributed by atoms with E-state index in [-0.39, 0.29) is 17.7 Å². The van der Waals surface area contributed by atoms with Crippen molar-refractivity contribution in [1.82, 2.24) is 15.1 Å². The number of aromatic nitrogens is 2. The topological polar surface area (TPSA) is 69.3 Å². The second kappa shape index (κ2) is 8.39. The SMILES string of the molecule is CN(C(=O)c1cc(C2CCN(C(=O)c3ccc(Cl)s3)CC2)[nH]n1)c1ccccc1. The number of carbonyl (C=O) groups is 2. The van der Waals surface area contributed by atoms with E-state index in [1.54, 1.807) is 24.1 Å². The van der Waals surface area contributed by atoms with Crippen molar-refractivity contribution in [2.24, 2.45) is 0 Å². The van der Waals surface area contributed by atoms with Crippen LogP contribution in [0.5, 0.6) is 0 Å². The Morgan fingerprint density at radius 3 is 2.55 bits per heavy atom. The van der Waals surface area contributed by atoms with Gasteiger partial charge in [0.25, 0.3) is 11.8 Å². The summed E-state index contributed by atoms with van der Waals surface area (Å²) in [6, 6.07) is 14.8. The number of likely N-dealkylation sites (tertiary alicyclic amines) is 1. The fraction of sp³-hybridized carbons (Fsp3) is 0.286. The lowest BCUT2D eigenvalue weighted by Gasteiger charge is -2.31. The molecule has 29 heavy (non-hydrogen) atoms. The number of piperidine rings is 1. The molecule has 0 spiro atoms. The van der Waals surface area contributed by atoms with E-state index >= 15 is 0 Å². The summed E-state index contributed by atoms with van der Waals surface area (Å²) in [5, 5.41) is 7.26. The molecule has 0 unspecified atom stereocenters. The third-order valence-corrected chi connectivity index (χ3v) is 6.49. The zero-order valence-electron chi connectivity index (χ0n) is 16.0. The average Bonchev–Trinajstić information content (AvgIpc) is 3.42. The number of hydrogen-bond donors (Lipinski definition) is 1. The zero-order valence-corrected chi connectivity index (χ0v) is 17.5. The fourth-order valence-electron chi connectivity index (χ4n) is 3.57. The van der Waals surface area contributed by atoms with Gasteiger partial charge in [0.1, 0.15) is 0 Å². The Kier molecular flexibility index (Phi) is 5.69. The molecule has 1 N–H and O–H groups in total. The first-order valence-electron chi connectivity index (χ1n) is 9.46. The number of carbonyl (C=O) groups excluding carboxylic acids is 2. The Bertz CT molecular complexity index is 1010. The standard InChI is InChI=1S/C21H21ClN4O2S/c1-25(15-5-3-2-4-6-15)20(27)17-13-16(23-24-17)14-9-11-26(12-10-14)21(28)18-7-8-19(22)29-18/h2-8,13-14H,9-12H2,1H3,(H,23,24). The van der Waals surface area contributed by atoms with Crippen molar-refractivity contribution in [2.75, 3.05) is 25.0 Å². The smallest absolute Gasteiger partial charge is 0.278 e. The van der Waals surface area contributed by atoms with Crippen molar-refractivity contribution in [2.45, 2.75) is 18.8 Å². The number of amides is 2. The predicted octanol–water partition coefficient (Wildman–Crippen LogP) is 4.42. The van der Waals surface area contributed by atoms with E-state index in [4.69, 9.17) is 11.6 Å². The van der Waals surface area contributed by atoms with Gasteiger partial charge in [0, 0.05) is 37.4 Å². The summed E-state index contributed by atoms with van der Waals surface area (Å²) in [5.74, 6) is 0.133. The molecular formula is C21H21ClN4O2S. The van der Waals surface area contributed by atoms with Crippen LogP contribution < -0.4 is 4.90 Å². The van der Waals surface area contributed by atoms with Crippen LogP contribution in [-0.4, -0.2) is 47.0 Å². The van der Waals surface area contributed by atoms with Gasteiger partial charge >= 0.3 is 0 Å². The Hall–Kier alpha value is -2.64. The highest BCUT2D eigenvalue weighted by Gasteiger charge is 2.27. The predicted molar refractivity (Wildman–Crippen MR) is 115 cm³/mol. The molecule has 4 rings (SSSR count). The van der Waals surface area contributed by atoms with Gasteiger partial charge in [0.05, 0.1) is 9.21 Å². The minimum Gasteiger partial charge on any atom is -0.338 e. The van der Waals surface area contributed by atoms with E-state index in [0.29, 0.717) is 28.0 Å². The molecule has 2 aromatic heterocycles. The number of H-pyrrole nitrogens is 1. The lowest BCUT2D eigenvalue weighted by atomic mass is 9.93. The summed E-state index contributed by atoms with van der Waals surface area (Å²) in [6.45, 7) is 1.34.